The molecule has 1 saturated carbocycles. The van der Waals surface area contributed by atoms with E-state index in [1.165, 1.54) is 33.3 Å². The van der Waals surface area contributed by atoms with Crippen molar-refractivity contribution >= 4 is 5.97 Å². The summed E-state index contributed by atoms with van der Waals surface area (Å²) in [5, 5.41) is 9.98. The minimum atomic E-state index is -1.56. The molecule has 0 saturated heterocycles. The standard InChI is InChI=1S/C12H23NO3/c1-12(15,11(14)16-2)10(13)8-9-6-4-3-5-7-9/h9-10,15H,3-8,13H2,1-2H3/t10-,12+/m0/s1. The molecule has 1 aliphatic rings. The minimum absolute atomic E-state index is 0.539. The first-order valence-corrected chi connectivity index (χ1v) is 6.05. The van der Waals surface area contributed by atoms with E-state index < -0.39 is 17.6 Å². The summed E-state index contributed by atoms with van der Waals surface area (Å²) in [6.45, 7) is 1.44. The number of rotatable bonds is 4. The first-order valence-electron chi connectivity index (χ1n) is 6.05. The third kappa shape index (κ3) is 3.19. The summed E-state index contributed by atoms with van der Waals surface area (Å²) in [6.07, 6.45) is 6.77. The average molecular weight is 229 g/mol. The number of ether oxygens (including phenoxy) is 1. The highest BCUT2D eigenvalue weighted by molar-refractivity contribution is 5.79. The van der Waals surface area contributed by atoms with Gasteiger partial charge in [-0.1, -0.05) is 32.1 Å². The van der Waals surface area contributed by atoms with E-state index in [-0.39, 0.29) is 0 Å². The first-order chi connectivity index (χ1) is 7.48. The van der Waals surface area contributed by atoms with Crippen LogP contribution in [0.25, 0.3) is 0 Å². The zero-order valence-corrected chi connectivity index (χ0v) is 10.2. The predicted octanol–water partition coefficient (Wildman–Crippen LogP) is 1.21. The fraction of sp³-hybridized carbons (Fsp3) is 0.917. The number of hydrogen-bond donors (Lipinski definition) is 2. The maximum absolute atomic E-state index is 11.4. The van der Waals surface area contributed by atoms with E-state index in [1.54, 1.807) is 0 Å². The van der Waals surface area contributed by atoms with Crippen molar-refractivity contribution < 1.29 is 14.6 Å². The Morgan fingerprint density at radius 3 is 2.56 bits per heavy atom. The topological polar surface area (TPSA) is 72.5 Å². The van der Waals surface area contributed by atoms with Gasteiger partial charge < -0.3 is 15.6 Å². The second kappa shape index (κ2) is 5.64. The summed E-state index contributed by atoms with van der Waals surface area (Å²) < 4.78 is 4.56. The molecule has 3 N–H and O–H groups in total. The second-order valence-corrected chi connectivity index (χ2v) is 4.99. The number of methoxy groups -OCH3 is 1. The van der Waals surface area contributed by atoms with Gasteiger partial charge in [-0.2, -0.15) is 0 Å². The average Bonchev–Trinajstić information content (AvgIpc) is 2.29. The van der Waals surface area contributed by atoms with E-state index >= 15 is 0 Å². The number of hydrogen-bond acceptors (Lipinski definition) is 4. The molecule has 0 radical (unpaired) electrons. The van der Waals surface area contributed by atoms with Gasteiger partial charge in [0, 0.05) is 6.04 Å². The van der Waals surface area contributed by atoms with Crippen molar-refractivity contribution in [2.45, 2.75) is 57.1 Å². The lowest BCUT2D eigenvalue weighted by molar-refractivity contribution is -0.163. The summed E-state index contributed by atoms with van der Waals surface area (Å²) in [6, 6.07) is -0.539. The Balaban J connectivity index is 2.49. The maximum Gasteiger partial charge on any atom is 0.339 e. The van der Waals surface area contributed by atoms with Crippen LogP contribution in [-0.4, -0.2) is 29.8 Å². The Morgan fingerprint density at radius 1 is 1.50 bits per heavy atom. The zero-order chi connectivity index (χ0) is 12.2. The molecule has 0 amide bonds. The SMILES string of the molecule is COC(=O)[C@](C)(O)[C@@H](N)CC1CCCCC1. The smallest absolute Gasteiger partial charge is 0.339 e. The summed E-state index contributed by atoms with van der Waals surface area (Å²) >= 11 is 0. The number of carbonyl (C=O) groups is 1. The highest BCUT2D eigenvalue weighted by Crippen LogP contribution is 2.29. The van der Waals surface area contributed by atoms with E-state index in [2.05, 4.69) is 4.74 Å². The third-order valence-electron chi connectivity index (χ3n) is 3.63. The fourth-order valence-corrected chi connectivity index (χ4v) is 2.37. The Kier molecular flexibility index (Phi) is 4.74. The molecule has 0 aromatic rings. The molecule has 1 rings (SSSR count). The molecule has 2 atom stereocenters. The molecule has 0 bridgehead atoms. The molecule has 0 aliphatic heterocycles. The van der Waals surface area contributed by atoms with E-state index in [0.29, 0.717) is 12.3 Å². The highest BCUT2D eigenvalue weighted by Gasteiger charge is 2.39. The van der Waals surface area contributed by atoms with Crippen molar-refractivity contribution in [1.29, 1.82) is 0 Å². The molecular weight excluding hydrogens is 206 g/mol. The van der Waals surface area contributed by atoms with Gasteiger partial charge in [0.15, 0.2) is 5.60 Å². The summed E-state index contributed by atoms with van der Waals surface area (Å²) in [7, 11) is 1.27. The molecule has 1 fully saturated rings. The number of carbonyl (C=O) groups excluding carboxylic acids is 1. The summed E-state index contributed by atoms with van der Waals surface area (Å²) in [4.78, 5) is 11.4. The molecular formula is C12H23NO3. The van der Waals surface area contributed by atoms with Crippen LogP contribution in [0, 0.1) is 5.92 Å². The van der Waals surface area contributed by atoms with Crippen molar-refractivity contribution in [2.75, 3.05) is 7.11 Å². The van der Waals surface area contributed by atoms with Crippen LogP contribution in [0.2, 0.25) is 0 Å². The van der Waals surface area contributed by atoms with Crippen LogP contribution < -0.4 is 5.73 Å². The van der Waals surface area contributed by atoms with Gasteiger partial charge in [0.2, 0.25) is 0 Å². The van der Waals surface area contributed by atoms with Gasteiger partial charge in [-0.3, -0.25) is 0 Å². The molecule has 16 heavy (non-hydrogen) atoms. The van der Waals surface area contributed by atoms with Gasteiger partial charge >= 0.3 is 5.97 Å². The largest absolute Gasteiger partial charge is 0.467 e. The lowest BCUT2D eigenvalue weighted by Gasteiger charge is -2.31. The number of esters is 1. The number of aliphatic hydroxyl groups is 1. The first kappa shape index (κ1) is 13.5. The molecule has 0 spiro atoms. The van der Waals surface area contributed by atoms with Gasteiger partial charge in [-0.25, -0.2) is 4.79 Å². The molecule has 0 aromatic heterocycles. The lowest BCUT2D eigenvalue weighted by atomic mass is 9.81. The molecule has 4 nitrogen and oxygen atoms in total. The molecule has 1 aliphatic carbocycles. The molecule has 94 valence electrons. The molecule has 0 unspecified atom stereocenters. The van der Waals surface area contributed by atoms with Crippen LogP contribution in [0.3, 0.4) is 0 Å². The van der Waals surface area contributed by atoms with Crippen LogP contribution >= 0.6 is 0 Å². The van der Waals surface area contributed by atoms with Gasteiger partial charge in [0.1, 0.15) is 0 Å². The normalized spacial score (nSPS) is 23.5. The quantitative estimate of drug-likeness (QED) is 0.711. The van der Waals surface area contributed by atoms with Crippen LogP contribution in [0.4, 0.5) is 0 Å². The highest BCUT2D eigenvalue weighted by atomic mass is 16.5. The van der Waals surface area contributed by atoms with Gasteiger partial charge in [0.05, 0.1) is 7.11 Å². The molecule has 0 aromatic carbocycles. The molecule has 0 heterocycles. The van der Waals surface area contributed by atoms with Crippen molar-refractivity contribution in [1.82, 2.24) is 0 Å². The lowest BCUT2D eigenvalue weighted by Crippen LogP contribution is -2.53. The van der Waals surface area contributed by atoms with Crippen LogP contribution in [0.15, 0.2) is 0 Å². The fourth-order valence-electron chi connectivity index (χ4n) is 2.37. The van der Waals surface area contributed by atoms with Gasteiger partial charge in [-0.05, 0) is 19.3 Å². The number of nitrogens with two attached hydrogens (primary N) is 1. The molecule has 4 heteroatoms. The maximum atomic E-state index is 11.4. The Hall–Kier alpha value is -0.610. The Labute approximate surface area is 97.2 Å². The van der Waals surface area contributed by atoms with Gasteiger partial charge in [-0.15, -0.1) is 0 Å². The third-order valence-corrected chi connectivity index (χ3v) is 3.63. The minimum Gasteiger partial charge on any atom is -0.467 e. The van der Waals surface area contributed by atoms with Crippen molar-refractivity contribution in [2.24, 2.45) is 11.7 Å². The summed E-state index contributed by atoms with van der Waals surface area (Å²) in [5.74, 6) is -0.101. The predicted molar refractivity (Wildman–Crippen MR) is 61.8 cm³/mol. The van der Waals surface area contributed by atoms with E-state index in [1.807, 2.05) is 0 Å². The van der Waals surface area contributed by atoms with Crippen LogP contribution in [0.5, 0.6) is 0 Å². The zero-order valence-electron chi connectivity index (χ0n) is 10.2. The Bertz CT molecular complexity index is 234. The second-order valence-electron chi connectivity index (χ2n) is 4.99. The van der Waals surface area contributed by atoms with Crippen LogP contribution in [-0.2, 0) is 9.53 Å². The monoisotopic (exact) mass is 229 g/mol. The van der Waals surface area contributed by atoms with E-state index in [4.69, 9.17) is 5.73 Å². The van der Waals surface area contributed by atoms with Crippen molar-refractivity contribution in [3.8, 4) is 0 Å². The van der Waals surface area contributed by atoms with Gasteiger partial charge in [0.25, 0.3) is 0 Å². The van der Waals surface area contributed by atoms with E-state index in [9.17, 15) is 9.90 Å². The van der Waals surface area contributed by atoms with Crippen molar-refractivity contribution in [3.63, 3.8) is 0 Å². The van der Waals surface area contributed by atoms with E-state index in [0.717, 1.165) is 12.8 Å². The van der Waals surface area contributed by atoms with Crippen LogP contribution in [0.1, 0.15) is 45.4 Å². The Morgan fingerprint density at radius 2 is 2.06 bits per heavy atom. The summed E-state index contributed by atoms with van der Waals surface area (Å²) in [5.41, 5.74) is 4.34. The van der Waals surface area contributed by atoms with Crippen molar-refractivity contribution in [3.05, 3.63) is 0 Å².